The monoisotopic (exact) mass is 621 g/mol. The molecular weight excluding hydrogens is 582 g/mol. The molecule has 1 amide bonds. The third-order valence-corrected chi connectivity index (χ3v) is 8.22. The average molecular weight is 622 g/mol. The van der Waals surface area contributed by atoms with Crippen LogP contribution in [0.5, 0.6) is 5.75 Å². The van der Waals surface area contributed by atoms with Crippen molar-refractivity contribution in [2.24, 2.45) is 0 Å². The molecule has 234 valence electrons. The van der Waals surface area contributed by atoms with E-state index in [0.717, 1.165) is 30.9 Å². The molecule has 11 heteroatoms. The number of ether oxygens (including phenoxy) is 1. The molecule has 0 saturated carbocycles. The third kappa shape index (κ3) is 8.98. The Morgan fingerprint density at radius 1 is 0.909 bits per heavy atom. The number of hydrogen-bond donors (Lipinski definition) is 1. The smallest absolute Gasteiger partial charge is 0.277 e. The molecule has 1 aliphatic rings. The molecule has 5 aromatic rings. The number of rotatable bonds is 9. The van der Waals surface area contributed by atoms with Crippen LogP contribution in [0.25, 0.3) is 20.5 Å². The normalized spacial score (nSPS) is 11.9. The minimum absolute atomic E-state index is 0. The Hall–Kier alpha value is -4.54. The van der Waals surface area contributed by atoms with E-state index < -0.39 is 0 Å². The van der Waals surface area contributed by atoms with Crippen molar-refractivity contribution in [1.29, 1.82) is 0 Å². The zero-order chi connectivity index (χ0) is 27.7. The number of carbonyl (C=O) groups excluding carboxylic acids is 1. The molecule has 0 radical (unpaired) electrons. The van der Waals surface area contributed by atoms with Gasteiger partial charge in [0, 0.05) is 27.9 Å². The lowest BCUT2D eigenvalue weighted by Crippen LogP contribution is -2.25. The van der Waals surface area contributed by atoms with E-state index in [1.54, 1.807) is 17.4 Å². The van der Waals surface area contributed by atoms with Gasteiger partial charge in [-0.3, -0.25) is 9.69 Å². The van der Waals surface area contributed by atoms with Crippen molar-refractivity contribution in [3.05, 3.63) is 102 Å². The van der Waals surface area contributed by atoms with Crippen molar-refractivity contribution < 1.29 is 36.0 Å². The number of fused-ring (bicyclic) bond motifs is 1. The van der Waals surface area contributed by atoms with Crippen LogP contribution in [0.2, 0.25) is 0 Å². The summed E-state index contributed by atoms with van der Waals surface area (Å²) < 4.78 is 12.0. The second kappa shape index (κ2) is 18.2. The Bertz CT molecular complexity index is 1560. The van der Waals surface area contributed by atoms with Crippen LogP contribution >= 0.6 is 11.3 Å². The summed E-state index contributed by atoms with van der Waals surface area (Å²) in [5.41, 5.74) is 4.65. The molecule has 6 rings (SSSR count). The first-order valence-corrected chi connectivity index (χ1v) is 14.1. The van der Waals surface area contributed by atoms with Gasteiger partial charge in [-0.05, 0) is 84.8 Å². The van der Waals surface area contributed by atoms with Crippen molar-refractivity contribution in [1.82, 2.24) is 10.1 Å². The Balaban J connectivity index is 0.00000158. The quantitative estimate of drug-likeness (QED) is 0.244. The predicted molar refractivity (Wildman–Crippen MR) is 176 cm³/mol. The summed E-state index contributed by atoms with van der Waals surface area (Å²) in [6, 6.07) is 26.6. The van der Waals surface area contributed by atoms with E-state index in [1.807, 2.05) is 12.1 Å². The topological polar surface area (TPSA) is 194 Å². The summed E-state index contributed by atoms with van der Waals surface area (Å²) in [4.78, 5) is 16.0. The number of likely N-dealkylation sites (tertiary alicyclic amines) is 1. The fraction of sp³-hybridized carbons (Fsp3) is 0.212. The molecule has 1 fully saturated rings. The molecule has 1 aliphatic heterocycles. The average Bonchev–Trinajstić information content (AvgIpc) is 3.78. The van der Waals surface area contributed by atoms with Crippen LogP contribution in [0.1, 0.15) is 34.5 Å². The van der Waals surface area contributed by atoms with Gasteiger partial charge in [-0.15, -0.1) is 24.2 Å². The van der Waals surface area contributed by atoms with Gasteiger partial charge >= 0.3 is 0 Å². The number of aromatic nitrogens is 1. The van der Waals surface area contributed by atoms with Gasteiger partial charge < -0.3 is 36.5 Å². The van der Waals surface area contributed by atoms with Gasteiger partial charge in [-0.25, -0.2) is 0 Å². The Morgan fingerprint density at radius 2 is 1.59 bits per heavy atom. The van der Waals surface area contributed by atoms with E-state index in [0.29, 0.717) is 5.69 Å². The number of nitrogens with one attached hydrogen (secondary N) is 1. The van der Waals surface area contributed by atoms with Crippen molar-refractivity contribution in [2.75, 3.05) is 31.6 Å². The van der Waals surface area contributed by atoms with Gasteiger partial charge in [0.05, 0.1) is 0 Å². The summed E-state index contributed by atoms with van der Waals surface area (Å²) in [6.45, 7) is 4.11. The molecule has 0 unspecified atom stereocenters. The Kier molecular flexibility index (Phi) is 15.5. The summed E-state index contributed by atoms with van der Waals surface area (Å²) in [5.74, 6) is 0.629. The van der Waals surface area contributed by atoms with E-state index in [-0.39, 0.29) is 33.5 Å². The molecule has 3 heterocycles. The van der Waals surface area contributed by atoms with Crippen LogP contribution < -0.4 is 10.1 Å². The Labute approximate surface area is 260 Å². The third-order valence-electron chi connectivity index (χ3n) is 6.95. The van der Waals surface area contributed by atoms with E-state index in [1.165, 1.54) is 58.3 Å². The summed E-state index contributed by atoms with van der Waals surface area (Å²) in [7, 11) is 0. The van der Waals surface area contributed by atoms with Crippen molar-refractivity contribution in [3.63, 3.8) is 0 Å². The number of terminal acetylenes is 1. The molecule has 1 saturated heterocycles. The van der Waals surface area contributed by atoms with Crippen LogP contribution in [0, 0.1) is 12.8 Å². The molecule has 2 aromatic heterocycles. The number of carbonyl (C=O) groups is 1. The Morgan fingerprint density at radius 3 is 2.25 bits per heavy atom. The molecule has 0 aliphatic carbocycles. The second-order valence-corrected chi connectivity index (χ2v) is 10.6. The summed E-state index contributed by atoms with van der Waals surface area (Å²) in [6.07, 6.45) is 12.8. The standard InChI is InChI=1S/C31H29N3O3S.C2H2.4H2O/c35-31(28-15-19-37-33-28)32-24-11-9-23(10-12-24)30-27(26-5-1-2-6-29(26)38-30)21-22-7-13-25(14-8-22)36-20-18-34-16-3-4-17-34;1-2;;;;/h1-2,5-15,19H,3-4,16-18,20-21H2,(H,32,35);1-2H;4*1H2. The number of thiophene rings is 1. The van der Waals surface area contributed by atoms with Gasteiger partial charge in [0.2, 0.25) is 0 Å². The van der Waals surface area contributed by atoms with E-state index in [4.69, 9.17) is 9.26 Å². The maximum absolute atomic E-state index is 12.3. The minimum atomic E-state index is -0.294. The molecule has 10 nitrogen and oxygen atoms in total. The lowest BCUT2D eigenvalue weighted by Gasteiger charge is -2.15. The van der Waals surface area contributed by atoms with Gasteiger partial charge in [0.15, 0.2) is 5.69 Å². The fourth-order valence-electron chi connectivity index (χ4n) is 4.94. The van der Waals surface area contributed by atoms with Gasteiger partial charge in [0.25, 0.3) is 5.91 Å². The number of benzene rings is 3. The second-order valence-electron chi connectivity index (χ2n) is 9.54. The molecule has 0 spiro atoms. The highest BCUT2D eigenvalue weighted by atomic mass is 32.1. The van der Waals surface area contributed by atoms with Crippen LogP contribution in [0.3, 0.4) is 0 Å². The molecular formula is C33H39N3O7S. The first kappa shape index (κ1) is 37.5. The maximum Gasteiger partial charge on any atom is 0.277 e. The summed E-state index contributed by atoms with van der Waals surface area (Å²) in [5, 5.41) is 7.84. The SMILES string of the molecule is C#C.O.O.O.O.O=C(Nc1ccc(-c2sc3ccccc3c2Cc2ccc(OCCN3CCCC3)cc2)cc1)c1ccon1. The first-order valence-electron chi connectivity index (χ1n) is 13.3. The lowest BCUT2D eigenvalue weighted by atomic mass is 9.99. The molecule has 3 aromatic carbocycles. The minimum Gasteiger partial charge on any atom is -0.492 e. The molecule has 0 bridgehead atoms. The van der Waals surface area contributed by atoms with E-state index >= 15 is 0 Å². The van der Waals surface area contributed by atoms with E-state index in [2.05, 4.69) is 88.9 Å². The van der Waals surface area contributed by atoms with Crippen LogP contribution in [-0.2, 0) is 6.42 Å². The zero-order valence-corrected chi connectivity index (χ0v) is 25.0. The van der Waals surface area contributed by atoms with Crippen LogP contribution in [0.4, 0.5) is 5.69 Å². The number of anilines is 1. The highest BCUT2D eigenvalue weighted by Gasteiger charge is 2.16. The van der Waals surface area contributed by atoms with E-state index in [9.17, 15) is 4.79 Å². The fourth-order valence-corrected chi connectivity index (χ4v) is 6.17. The number of nitrogens with zero attached hydrogens (tertiary/aromatic N) is 2. The predicted octanol–water partition coefficient (Wildman–Crippen LogP) is 3.82. The highest BCUT2D eigenvalue weighted by Crippen LogP contribution is 2.40. The van der Waals surface area contributed by atoms with Crippen molar-refractivity contribution >= 4 is 33.0 Å². The molecule has 0 atom stereocenters. The maximum atomic E-state index is 12.3. The first-order chi connectivity index (χ1) is 19.7. The lowest BCUT2D eigenvalue weighted by molar-refractivity contribution is 0.101. The molecule has 44 heavy (non-hydrogen) atoms. The van der Waals surface area contributed by atoms with Gasteiger partial charge in [-0.1, -0.05) is 47.6 Å². The highest BCUT2D eigenvalue weighted by molar-refractivity contribution is 7.22. The summed E-state index contributed by atoms with van der Waals surface area (Å²) >= 11 is 1.80. The van der Waals surface area contributed by atoms with Crippen LogP contribution in [-0.4, -0.2) is 64.1 Å². The van der Waals surface area contributed by atoms with Gasteiger partial charge in [0.1, 0.15) is 18.6 Å². The van der Waals surface area contributed by atoms with Crippen LogP contribution in [0.15, 0.2) is 89.6 Å². The van der Waals surface area contributed by atoms with Crippen molar-refractivity contribution in [3.8, 4) is 29.0 Å². The zero-order valence-electron chi connectivity index (χ0n) is 24.2. The number of hydrogen-bond acceptors (Lipinski definition) is 6. The van der Waals surface area contributed by atoms with Gasteiger partial charge in [-0.2, -0.15) is 0 Å². The largest absolute Gasteiger partial charge is 0.492 e. The molecule has 9 N–H and O–H groups in total. The van der Waals surface area contributed by atoms with Crippen molar-refractivity contribution in [2.45, 2.75) is 19.3 Å². The number of amides is 1.